The zero-order chi connectivity index (χ0) is 16.4. The highest BCUT2D eigenvalue weighted by Gasteiger charge is 2.21. The summed E-state index contributed by atoms with van der Waals surface area (Å²) in [6.45, 7) is 3.03. The molecule has 0 radical (unpaired) electrons. The van der Waals surface area contributed by atoms with Gasteiger partial charge in [0.25, 0.3) is 0 Å². The molecule has 5 heteroatoms. The van der Waals surface area contributed by atoms with Crippen LogP contribution in [0.3, 0.4) is 0 Å². The molecule has 3 nitrogen and oxygen atoms in total. The maximum absolute atomic E-state index is 6.09. The van der Waals surface area contributed by atoms with Crippen molar-refractivity contribution in [2.24, 2.45) is 0 Å². The van der Waals surface area contributed by atoms with Gasteiger partial charge in [0.2, 0.25) is 0 Å². The number of benzene rings is 2. The number of fused-ring (bicyclic) bond motifs is 1. The number of methoxy groups -OCH3 is 1. The number of halogens is 1. The van der Waals surface area contributed by atoms with Gasteiger partial charge in [0, 0.05) is 17.3 Å². The molecule has 0 aliphatic carbocycles. The minimum Gasteiger partial charge on any atom is -0.495 e. The molecule has 0 bridgehead atoms. The molecule has 1 aliphatic rings. The topological polar surface area (TPSA) is 24.5 Å². The van der Waals surface area contributed by atoms with Gasteiger partial charge in [0.05, 0.1) is 12.8 Å². The Labute approximate surface area is 147 Å². The van der Waals surface area contributed by atoms with E-state index in [2.05, 4.69) is 35.3 Å². The number of hydrogen-bond donors (Lipinski definition) is 1. The molecule has 120 valence electrons. The van der Waals surface area contributed by atoms with Gasteiger partial charge in [-0.3, -0.25) is 0 Å². The minimum atomic E-state index is 0.644. The average Bonchev–Trinajstić information content (AvgIpc) is 2.54. The van der Waals surface area contributed by atoms with Crippen molar-refractivity contribution in [3.63, 3.8) is 0 Å². The highest BCUT2D eigenvalue weighted by atomic mass is 35.5. The van der Waals surface area contributed by atoms with Gasteiger partial charge >= 0.3 is 0 Å². The van der Waals surface area contributed by atoms with Crippen LogP contribution in [-0.4, -0.2) is 18.8 Å². The van der Waals surface area contributed by atoms with Crippen LogP contribution in [0.4, 0.5) is 11.4 Å². The first-order chi connectivity index (χ1) is 11.1. The number of rotatable bonds is 2. The van der Waals surface area contributed by atoms with E-state index < -0.39 is 0 Å². The van der Waals surface area contributed by atoms with Crippen molar-refractivity contribution < 1.29 is 4.74 Å². The van der Waals surface area contributed by atoms with Crippen molar-refractivity contribution in [2.45, 2.75) is 19.8 Å². The molecule has 0 saturated heterocycles. The number of nitrogens with zero attached hydrogens (tertiary/aromatic N) is 1. The fourth-order valence-electron chi connectivity index (χ4n) is 2.90. The lowest BCUT2D eigenvalue weighted by Crippen LogP contribution is -2.38. The maximum atomic E-state index is 6.09. The normalized spacial score (nSPS) is 13.4. The molecule has 2 aromatic rings. The van der Waals surface area contributed by atoms with Crippen LogP contribution in [0.1, 0.15) is 17.5 Å². The molecular formula is C18H19ClN2OS. The number of anilines is 2. The Morgan fingerprint density at radius 1 is 1.26 bits per heavy atom. The van der Waals surface area contributed by atoms with Gasteiger partial charge in [0.15, 0.2) is 5.11 Å². The predicted octanol–water partition coefficient (Wildman–Crippen LogP) is 4.81. The van der Waals surface area contributed by atoms with E-state index in [0.717, 1.165) is 30.8 Å². The highest BCUT2D eigenvalue weighted by Crippen LogP contribution is 2.31. The standard InChI is InChI=1S/C18H19ClN2OS/c1-12-5-7-16-13(10-12)4-3-9-21(16)18(23)20-15-11-14(19)6-8-17(15)22-2/h5-8,10-11H,3-4,9H2,1-2H3,(H,20,23). The van der Waals surface area contributed by atoms with Crippen LogP contribution in [0.25, 0.3) is 0 Å². The third kappa shape index (κ3) is 3.43. The smallest absolute Gasteiger partial charge is 0.178 e. The molecule has 1 N–H and O–H groups in total. The highest BCUT2D eigenvalue weighted by molar-refractivity contribution is 7.80. The molecule has 3 rings (SSSR count). The SMILES string of the molecule is COc1ccc(Cl)cc1NC(=S)N1CCCc2cc(C)ccc21. The van der Waals surface area contributed by atoms with Crippen molar-refractivity contribution in [1.82, 2.24) is 0 Å². The number of aryl methyl sites for hydroxylation is 2. The number of thiocarbonyl (C=S) groups is 1. The Hall–Kier alpha value is -1.78. The second-order valence-electron chi connectivity index (χ2n) is 5.66. The predicted molar refractivity (Wildman–Crippen MR) is 101 cm³/mol. The first-order valence-corrected chi connectivity index (χ1v) is 8.38. The van der Waals surface area contributed by atoms with Gasteiger partial charge in [0.1, 0.15) is 5.75 Å². The van der Waals surface area contributed by atoms with E-state index in [0.29, 0.717) is 10.1 Å². The zero-order valence-corrected chi connectivity index (χ0v) is 14.8. The lowest BCUT2D eigenvalue weighted by molar-refractivity contribution is 0.417. The van der Waals surface area contributed by atoms with E-state index in [1.165, 1.54) is 16.8 Å². The monoisotopic (exact) mass is 346 g/mol. The van der Waals surface area contributed by atoms with Crippen LogP contribution >= 0.6 is 23.8 Å². The number of ether oxygens (including phenoxy) is 1. The van der Waals surface area contributed by atoms with Gasteiger partial charge in [-0.05, 0) is 61.8 Å². The fraction of sp³-hybridized carbons (Fsp3) is 0.278. The van der Waals surface area contributed by atoms with Gasteiger partial charge in [-0.15, -0.1) is 0 Å². The summed E-state index contributed by atoms with van der Waals surface area (Å²) in [4.78, 5) is 2.15. The maximum Gasteiger partial charge on any atom is 0.178 e. The zero-order valence-electron chi connectivity index (χ0n) is 13.2. The molecular weight excluding hydrogens is 328 g/mol. The summed E-state index contributed by atoms with van der Waals surface area (Å²) >= 11 is 11.7. The fourth-order valence-corrected chi connectivity index (χ4v) is 3.37. The second kappa shape index (κ2) is 6.77. The second-order valence-corrected chi connectivity index (χ2v) is 6.49. The van der Waals surface area contributed by atoms with Crippen molar-refractivity contribution >= 4 is 40.3 Å². The van der Waals surface area contributed by atoms with Crippen LogP contribution in [0.2, 0.25) is 5.02 Å². The van der Waals surface area contributed by atoms with E-state index in [-0.39, 0.29) is 0 Å². The molecule has 0 atom stereocenters. The van der Waals surface area contributed by atoms with Crippen LogP contribution in [0.5, 0.6) is 5.75 Å². The van der Waals surface area contributed by atoms with E-state index >= 15 is 0 Å². The molecule has 1 heterocycles. The van der Waals surface area contributed by atoms with Gasteiger partial charge in [-0.1, -0.05) is 29.3 Å². The summed E-state index contributed by atoms with van der Waals surface area (Å²) in [5, 5.41) is 4.58. The Bertz CT molecular complexity index is 748. The third-order valence-corrected chi connectivity index (χ3v) is 4.56. The number of nitrogens with one attached hydrogen (secondary N) is 1. The summed E-state index contributed by atoms with van der Waals surface area (Å²) in [7, 11) is 1.64. The molecule has 1 aliphatic heterocycles. The summed E-state index contributed by atoms with van der Waals surface area (Å²) in [5.41, 5.74) is 4.59. The molecule has 2 aromatic carbocycles. The lowest BCUT2D eigenvalue weighted by atomic mass is 10.00. The van der Waals surface area contributed by atoms with Gasteiger partial charge in [-0.25, -0.2) is 0 Å². The molecule has 0 unspecified atom stereocenters. The van der Waals surface area contributed by atoms with Crippen LogP contribution in [0, 0.1) is 6.92 Å². The summed E-state index contributed by atoms with van der Waals surface area (Å²) in [5.74, 6) is 0.720. The van der Waals surface area contributed by atoms with Gasteiger partial charge < -0.3 is 15.0 Å². The van der Waals surface area contributed by atoms with Crippen molar-refractivity contribution in [1.29, 1.82) is 0 Å². The molecule has 0 amide bonds. The Balaban J connectivity index is 1.87. The molecule has 0 spiro atoms. The van der Waals surface area contributed by atoms with Crippen molar-refractivity contribution in [2.75, 3.05) is 23.9 Å². The van der Waals surface area contributed by atoms with E-state index in [1.54, 1.807) is 13.2 Å². The van der Waals surface area contributed by atoms with Crippen molar-refractivity contribution in [3.8, 4) is 5.75 Å². The first-order valence-electron chi connectivity index (χ1n) is 7.60. The first kappa shape index (κ1) is 16.1. The van der Waals surface area contributed by atoms with E-state index in [4.69, 9.17) is 28.6 Å². The lowest BCUT2D eigenvalue weighted by Gasteiger charge is -2.32. The summed E-state index contributed by atoms with van der Waals surface area (Å²) in [6, 6.07) is 12.0. The van der Waals surface area contributed by atoms with Crippen LogP contribution in [0.15, 0.2) is 36.4 Å². The third-order valence-electron chi connectivity index (χ3n) is 4.00. The Kier molecular flexibility index (Phi) is 4.74. The molecule has 0 fully saturated rings. The quantitative estimate of drug-likeness (QED) is 0.789. The molecule has 0 saturated carbocycles. The minimum absolute atomic E-state index is 0.644. The summed E-state index contributed by atoms with van der Waals surface area (Å²) in [6.07, 6.45) is 2.18. The number of hydrogen-bond acceptors (Lipinski definition) is 2. The van der Waals surface area contributed by atoms with Crippen LogP contribution < -0.4 is 15.0 Å². The van der Waals surface area contributed by atoms with E-state index in [9.17, 15) is 0 Å². The van der Waals surface area contributed by atoms with E-state index in [1.807, 2.05) is 12.1 Å². The van der Waals surface area contributed by atoms with Crippen LogP contribution in [-0.2, 0) is 6.42 Å². The Morgan fingerprint density at radius 2 is 2.09 bits per heavy atom. The summed E-state index contributed by atoms with van der Waals surface area (Å²) < 4.78 is 5.37. The largest absolute Gasteiger partial charge is 0.495 e. The van der Waals surface area contributed by atoms with Crippen molar-refractivity contribution in [3.05, 3.63) is 52.5 Å². The molecule has 23 heavy (non-hydrogen) atoms. The molecule has 0 aromatic heterocycles. The Morgan fingerprint density at radius 3 is 2.87 bits per heavy atom. The van der Waals surface area contributed by atoms with Gasteiger partial charge in [-0.2, -0.15) is 0 Å². The average molecular weight is 347 g/mol.